The molecule has 0 fully saturated rings. The van der Waals surface area contributed by atoms with E-state index in [1.165, 1.54) is 18.2 Å². The number of benzene rings is 2. The Morgan fingerprint density at radius 3 is 2.68 bits per heavy atom. The van der Waals surface area contributed by atoms with Crippen molar-refractivity contribution in [3.63, 3.8) is 0 Å². The molecule has 0 bridgehead atoms. The van der Waals surface area contributed by atoms with Crippen LogP contribution in [0, 0.1) is 17.1 Å². The van der Waals surface area contributed by atoms with Crippen molar-refractivity contribution in [2.45, 2.75) is 39.0 Å². The van der Waals surface area contributed by atoms with E-state index in [2.05, 4.69) is 16.2 Å². The molecule has 10 nitrogen and oxygen atoms in total. The van der Waals surface area contributed by atoms with Gasteiger partial charge < -0.3 is 24.8 Å². The first-order valence-corrected chi connectivity index (χ1v) is 10.2. The lowest BCUT2D eigenvalue weighted by atomic mass is 10.1. The number of ether oxygens (including phenoxy) is 2. The quantitative estimate of drug-likeness (QED) is 0.446. The van der Waals surface area contributed by atoms with Crippen LogP contribution in [0.2, 0.25) is 0 Å². The smallest absolute Gasteiger partial charge is 0.323 e. The summed E-state index contributed by atoms with van der Waals surface area (Å²) in [4.78, 5) is 26.5. The van der Waals surface area contributed by atoms with Crippen LogP contribution >= 0.6 is 0 Å². The van der Waals surface area contributed by atoms with E-state index < -0.39 is 30.2 Å². The van der Waals surface area contributed by atoms with Crippen LogP contribution in [0.5, 0.6) is 5.75 Å². The van der Waals surface area contributed by atoms with Gasteiger partial charge in [0.25, 0.3) is 5.89 Å². The number of carboxylic acids is 1. The van der Waals surface area contributed by atoms with Gasteiger partial charge in [0.2, 0.25) is 5.82 Å². The molecule has 1 atom stereocenters. The molecular formula is C23H21FN4O6. The van der Waals surface area contributed by atoms with E-state index in [9.17, 15) is 19.2 Å². The molecule has 3 N–H and O–H groups in total. The highest BCUT2D eigenvalue weighted by atomic mass is 19.1. The van der Waals surface area contributed by atoms with Gasteiger partial charge >= 0.3 is 11.9 Å². The van der Waals surface area contributed by atoms with Gasteiger partial charge in [0.1, 0.15) is 30.3 Å². The van der Waals surface area contributed by atoms with E-state index in [-0.39, 0.29) is 30.0 Å². The van der Waals surface area contributed by atoms with Crippen LogP contribution in [0.15, 0.2) is 40.9 Å². The van der Waals surface area contributed by atoms with E-state index >= 15 is 0 Å². The number of carbonyl (C=O) groups is 2. The van der Waals surface area contributed by atoms with Crippen LogP contribution in [-0.2, 0) is 20.9 Å². The maximum Gasteiger partial charge on any atom is 0.323 e. The van der Waals surface area contributed by atoms with Gasteiger partial charge in [-0.1, -0.05) is 11.2 Å². The number of hydrogen-bond acceptors (Lipinski definition) is 9. The third kappa shape index (κ3) is 5.93. The number of aromatic nitrogens is 2. The van der Waals surface area contributed by atoms with Gasteiger partial charge in [-0.15, -0.1) is 0 Å². The van der Waals surface area contributed by atoms with Crippen molar-refractivity contribution in [3.05, 3.63) is 53.3 Å². The molecule has 1 heterocycles. The molecule has 176 valence electrons. The van der Waals surface area contributed by atoms with Crippen molar-refractivity contribution in [1.82, 2.24) is 10.1 Å². The molecule has 34 heavy (non-hydrogen) atoms. The topological polar surface area (TPSA) is 162 Å². The molecule has 0 spiro atoms. The first-order chi connectivity index (χ1) is 16.2. The molecule has 2 aromatic carbocycles. The highest BCUT2D eigenvalue weighted by Gasteiger charge is 2.20. The highest BCUT2D eigenvalue weighted by Crippen LogP contribution is 2.28. The molecule has 0 radical (unpaired) electrons. The normalized spacial score (nSPS) is 11.6. The van der Waals surface area contributed by atoms with E-state index in [1.54, 1.807) is 12.1 Å². The third-order valence-electron chi connectivity index (χ3n) is 4.49. The van der Waals surface area contributed by atoms with Crippen LogP contribution in [-0.4, -0.2) is 39.3 Å². The Labute approximate surface area is 193 Å². The second-order valence-corrected chi connectivity index (χ2v) is 7.54. The fourth-order valence-electron chi connectivity index (χ4n) is 2.92. The lowest BCUT2D eigenvalue weighted by Gasteiger charge is -2.11. The maximum atomic E-state index is 14.7. The number of nitriles is 1. The summed E-state index contributed by atoms with van der Waals surface area (Å²) < 4.78 is 30.4. The largest absolute Gasteiger partial charge is 0.490 e. The number of carbonyl (C=O) groups excluding carboxylic acids is 1. The molecule has 3 aromatic rings. The van der Waals surface area contributed by atoms with Gasteiger partial charge in [-0.2, -0.15) is 10.2 Å². The molecule has 0 aliphatic carbocycles. The summed E-state index contributed by atoms with van der Waals surface area (Å²) in [6.07, 6.45) is -0.681. The van der Waals surface area contributed by atoms with Crippen molar-refractivity contribution in [2.24, 2.45) is 5.73 Å². The zero-order valence-electron chi connectivity index (χ0n) is 18.3. The Morgan fingerprint density at radius 1 is 1.26 bits per heavy atom. The average molecular weight is 468 g/mol. The van der Waals surface area contributed by atoms with Gasteiger partial charge in [0, 0.05) is 5.56 Å². The molecule has 1 unspecified atom stereocenters. The Bertz CT molecular complexity index is 1250. The second-order valence-electron chi connectivity index (χ2n) is 7.54. The first kappa shape index (κ1) is 24.3. The summed E-state index contributed by atoms with van der Waals surface area (Å²) in [5.74, 6) is -2.33. The number of aliphatic carboxylic acids is 1. The molecule has 3 rings (SSSR count). The van der Waals surface area contributed by atoms with Gasteiger partial charge in [0.15, 0.2) is 0 Å². The number of nitrogens with zero attached hydrogens (tertiary/aromatic N) is 3. The summed E-state index contributed by atoms with van der Waals surface area (Å²) >= 11 is 0. The summed E-state index contributed by atoms with van der Waals surface area (Å²) in [6, 6.07) is 9.58. The highest BCUT2D eigenvalue weighted by molar-refractivity contribution is 5.81. The van der Waals surface area contributed by atoms with Crippen molar-refractivity contribution < 1.29 is 33.1 Å². The number of carboxylic acid groups (broad SMARTS) is 1. The number of nitrogens with two attached hydrogens (primary N) is 1. The summed E-state index contributed by atoms with van der Waals surface area (Å²) in [7, 11) is 0. The predicted molar refractivity (Wildman–Crippen MR) is 116 cm³/mol. The minimum Gasteiger partial charge on any atom is -0.490 e. The summed E-state index contributed by atoms with van der Waals surface area (Å²) in [5.41, 5.74) is 6.55. The zero-order chi connectivity index (χ0) is 24.8. The number of esters is 1. The number of rotatable bonds is 9. The van der Waals surface area contributed by atoms with Crippen molar-refractivity contribution >= 4 is 11.9 Å². The fraction of sp³-hybridized carbons (Fsp3) is 0.261. The molecule has 0 amide bonds. The Morgan fingerprint density at radius 2 is 2.03 bits per heavy atom. The fourth-order valence-corrected chi connectivity index (χ4v) is 2.92. The summed E-state index contributed by atoms with van der Waals surface area (Å²) in [5, 5.41) is 21.9. The van der Waals surface area contributed by atoms with Gasteiger partial charge in [-0.25, -0.2) is 4.39 Å². The molecule has 0 saturated heterocycles. The third-order valence-corrected chi connectivity index (χ3v) is 4.49. The minimum atomic E-state index is -1.31. The van der Waals surface area contributed by atoms with Crippen LogP contribution in [0.1, 0.15) is 31.4 Å². The lowest BCUT2D eigenvalue weighted by molar-refractivity contribution is -0.150. The second kappa shape index (κ2) is 10.5. The molecule has 1 aromatic heterocycles. The molecule has 0 saturated carbocycles. The van der Waals surface area contributed by atoms with Crippen molar-refractivity contribution in [1.29, 1.82) is 5.26 Å². The van der Waals surface area contributed by atoms with E-state index in [4.69, 9.17) is 24.8 Å². The molecule has 0 aliphatic heterocycles. The van der Waals surface area contributed by atoms with Crippen molar-refractivity contribution in [2.75, 3.05) is 0 Å². The Kier molecular flexibility index (Phi) is 7.55. The minimum absolute atomic E-state index is 0.0134. The lowest BCUT2D eigenvalue weighted by Crippen LogP contribution is -2.34. The standard InChI is InChI=1S/C23H21FN4O6/c1-12(2)33-19-6-4-14(8-15(19)10-25)22-27-21(28-34-22)16-5-3-13(7-17(16)24)11-32-23(31)18(26)9-20(29)30/h3-8,12,18H,9,11,26H2,1-2H3,(H,29,30). The monoisotopic (exact) mass is 468 g/mol. The van der Waals surface area contributed by atoms with E-state index in [0.29, 0.717) is 22.4 Å². The predicted octanol–water partition coefficient (Wildman–Crippen LogP) is 3.05. The SMILES string of the molecule is CC(C)Oc1ccc(-c2nc(-c3ccc(COC(=O)C(N)CC(=O)O)cc3F)no2)cc1C#N. The number of hydrogen-bond donors (Lipinski definition) is 2. The summed E-state index contributed by atoms with van der Waals surface area (Å²) in [6.45, 7) is 3.40. The Balaban J connectivity index is 1.74. The van der Waals surface area contributed by atoms with E-state index in [0.717, 1.165) is 6.07 Å². The van der Waals surface area contributed by atoms with E-state index in [1.807, 2.05) is 13.8 Å². The van der Waals surface area contributed by atoms with Crippen molar-refractivity contribution in [3.8, 4) is 34.7 Å². The van der Waals surface area contributed by atoms with Crippen LogP contribution in [0.3, 0.4) is 0 Å². The first-order valence-electron chi connectivity index (χ1n) is 10.2. The number of halogens is 1. The molecule has 11 heteroatoms. The van der Waals surface area contributed by atoms with Gasteiger partial charge in [0.05, 0.1) is 23.7 Å². The average Bonchev–Trinajstić information content (AvgIpc) is 3.26. The van der Waals surface area contributed by atoms with Crippen LogP contribution in [0.4, 0.5) is 4.39 Å². The van der Waals surface area contributed by atoms with Crippen LogP contribution < -0.4 is 10.5 Å². The zero-order valence-corrected chi connectivity index (χ0v) is 18.3. The van der Waals surface area contributed by atoms with Gasteiger partial charge in [-0.05, 0) is 49.7 Å². The maximum absolute atomic E-state index is 14.7. The van der Waals surface area contributed by atoms with Crippen LogP contribution in [0.25, 0.3) is 22.8 Å². The molecule has 0 aliphatic rings. The molecular weight excluding hydrogens is 447 g/mol. The Hall–Kier alpha value is -4.30. The van der Waals surface area contributed by atoms with Gasteiger partial charge in [-0.3, -0.25) is 9.59 Å².